The summed E-state index contributed by atoms with van der Waals surface area (Å²) in [6.45, 7) is 3.52. The lowest BCUT2D eigenvalue weighted by atomic mass is 10.2. The Morgan fingerprint density at radius 1 is 1.69 bits per heavy atom. The van der Waals surface area contributed by atoms with E-state index in [4.69, 9.17) is 9.84 Å². The molecule has 0 amide bonds. The maximum absolute atomic E-state index is 9.14. The van der Waals surface area contributed by atoms with Crippen LogP contribution in [0.2, 0.25) is 0 Å². The predicted molar refractivity (Wildman–Crippen MR) is 65.6 cm³/mol. The minimum Gasteiger partial charge on any atom is -0.394 e. The zero-order valence-corrected chi connectivity index (χ0v) is 10.7. The van der Waals surface area contributed by atoms with E-state index < -0.39 is 0 Å². The van der Waals surface area contributed by atoms with Gasteiger partial charge in [-0.1, -0.05) is 0 Å². The molecule has 1 fully saturated rings. The maximum atomic E-state index is 9.14. The largest absolute Gasteiger partial charge is 0.394 e. The summed E-state index contributed by atoms with van der Waals surface area (Å²) in [5, 5.41) is 9.14. The molecular weight excluding hydrogens is 272 g/mol. The molecule has 2 unspecified atom stereocenters. The van der Waals surface area contributed by atoms with Gasteiger partial charge in [-0.05, 0) is 28.9 Å². The summed E-state index contributed by atoms with van der Waals surface area (Å²) in [5.41, 5.74) is 1.10. The summed E-state index contributed by atoms with van der Waals surface area (Å²) in [6.07, 6.45) is 3.46. The number of aromatic nitrogens is 1. The van der Waals surface area contributed by atoms with Crippen molar-refractivity contribution in [3.63, 3.8) is 0 Å². The molecule has 1 aromatic rings. The van der Waals surface area contributed by atoms with Crippen LogP contribution in [0.4, 0.5) is 5.69 Å². The smallest absolute Gasteiger partial charge is 0.0981 e. The number of halogens is 1. The number of ether oxygens (including phenoxy) is 1. The average Bonchev–Trinajstić information content (AvgIpc) is 2.31. The van der Waals surface area contributed by atoms with Crippen molar-refractivity contribution in [1.82, 2.24) is 4.98 Å². The van der Waals surface area contributed by atoms with Gasteiger partial charge in [-0.2, -0.15) is 0 Å². The molecule has 0 saturated carbocycles. The molecule has 0 aliphatic carbocycles. The summed E-state index contributed by atoms with van der Waals surface area (Å²) in [5.74, 6) is 0. The van der Waals surface area contributed by atoms with Gasteiger partial charge in [0.15, 0.2) is 0 Å². The zero-order chi connectivity index (χ0) is 11.5. The third-order valence-electron chi connectivity index (χ3n) is 2.77. The molecule has 1 aliphatic rings. The van der Waals surface area contributed by atoms with Gasteiger partial charge in [0.1, 0.15) is 0 Å². The molecule has 2 rings (SSSR count). The van der Waals surface area contributed by atoms with Crippen molar-refractivity contribution in [2.45, 2.75) is 19.1 Å². The first kappa shape index (κ1) is 11.8. The molecule has 5 heteroatoms. The van der Waals surface area contributed by atoms with E-state index in [0.717, 1.165) is 10.2 Å². The Balaban J connectivity index is 2.21. The summed E-state index contributed by atoms with van der Waals surface area (Å²) in [6, 6.07) is 2.28. The maximum Gasteiger partial charge on any atom is 0.0981 e. The van der Waals surface area contributed by atoms with Crippen molar-refractivity contribution >= 4 is 21.6 Å². The van der Waals surface area contributed by atoms with Gasteiger partial charge < -0.3 is 14.7 Å². The summed E-state index contributed by atoms with van der Waals surface area (Å²) < 4.78 is 6.48. The van der Waals surface area contributed by atoms with E-state index in [1.54, 1.807) is 12.4 Å². The Kier molecular flexibility index (Phi) is 3.78. The van der Waals surface area contributed by atoms with Gasteiger partial charge in [-0.3, -0.25) is 4.98 Å². The molecule has 1 saturated heterocycles. The van der Waals surface area contributed by atoms with Crippen LogP contribution in [0.25, 0.3) is 0 Å². The number of aliphatic hydroxyl groups excluding tert-OH is 1. The highest BCUT2D eigenvalue weighted by atomic mass is 79.9. The first-order valence-electron chi connectivity index (χ1n) is 5.31. The third-order valence-corrected chi connectivity index (χ3v) is 3.38. The molecule has 0 radical (unpaired) electrons. The number of morpholine rings is 1. The van der Waals surface area contributed by atoms with Crippen LogP contribution in [0.5, 0.6) is 0 Å². The molecule has 2 heterocycles. The van der Waals surface area contributed by atoms with Gasteiger partial charge in [0.2, 0.25) is 0 Å². The number of pyridine rings is 1. The van der Waals surface area contributed by atoms with Crippen LogP contribution in [0.3, 0.4) is 0 Å². The number of hydrogen-bond acceptors (Lipinski definition) is 4. The van der Waals surface area contributed by atoms with Gasteiger partial charge in [0.05, 0.1) is 29.5 Å². The lowest BCUT2D eigenvalue weighted by molar-refractivity contribution is -0.0103. The molecule has 1 aromatic heterocycles. The molecule has 88 valence electrons. The summed E-state index contributed by atoms with van der Waals surface area (Å²) >= 11 is 3.49. The summed E-state index contributed by atoms with van der Waals surface area (Å²) in [4.78, 5) is 6.28. The fourth-order valence-electron chi connectivity index (χ4n) is 1.86. The van der Waals surface area contributed by atoms with Crippen LogP contribution in [-0.4, -0.2) is 42.0 Å². The lowest BCUT2D eigenvalue weighted by Crippen LogP contribution is -2.49. The minimum absolute atomic E-state index is 0.0614. The van der Waals surface area contributed by atoms with E-state index in [9.17, 15) is 0 Å². The topological polar surface area (TPSA) is 45.6 Å². The average molecular weight is 287 g/mol. The Morgan fingerprint density at radius 2 is 2.50 bits per heavy atom. The van der Waals surface area contributed by atoms with Gasteiger partial charge >= 0.3 is 0 Å². The normalized spacial score (nSPS) is 25.8. The highest BCUT2D eigenvalue weighted by Crippen LogP contribution is 2.28. The van der Waals surface area contributed by atoms with Crippen LogP contribution < -0.4 is 4.90 Å². The number of rotatable bonds is 2. The van der Waals surface area contributed by atoms with Crippen LogP contribution >= 0.6 is 15.9 Å². The van der Waals surface area contributed by atoms with Crippen molar-refractivity contribution in [2.24, 2.45) is 0 Å². The second-order valence-corrected chi connectivity index (χ2v) is 4.82. The third kappa shape index (κ3) is 2.36. The molecule has 1 N–H and O–H groups in total. The van der Waals surface area contributed by atoms with E-state index in [1.165, 1.54) is 0 Å². The van der Waals surface area contributed by atoms with Crippen molar-refractivity contribution in [3.05, 3.63) is 22.9 Å². The van der Waals surface area contributed by atoms with Crippen LogP contribution in [-0.2, 0) is 4.74 Å². The standard InChI is InChI=1S/C11H15BrN2O2/c1-8-7-16-9(6-15)5-14(8)11-2-3-13-4-10(11)12/h2-4,8-9,15H,5-7H2,1H3. The van der Waals surface area contributed by atoms with Gasteiger partial charge in [0, 0.05) is 25.0 Å². The van der Waals surface area contributed by atoms with E-state index in [2.05, 4.69) is 32.7 Å². The van der Waals surface area contributed by atoms with E-state index in [-0.39, 0.29) is 12.7 Å². The molecule has 2 atom stereocenters. The van der Waals surface area contributed by atoms with E-state index >= 15 is 0 Å². The number of hydrogen-bond donors (Lipinski definition) is 1. The Hall–Kier alpha value is -0.650. The molecule has 1 aliphatic heterocycles. The molecular formula is C11H15BrN2O2. The molecule has 0 bridgehead atoms. The van der Waals surface area contributed by atoms with Crippen molar-refractivity contribution in [2.75, 3.05) is 24.7 Å². The van der Waals surface area contributed by atoms with Crippen LogP contribution in [0.1, 0.15) is 6.92 Å². The van der Waals surface area contributed by atoms with Crippen LogP contribution in [0, 0.1) is 0 Å². The van der Waals surface area contributed by atoms with Crippen molar-refractivity contribution in [3.8, 4) is 0 Å². The molecule has 0 aromatic carbocycles. The lowest BCUT2D eigenvalue weighted by Gasteiger charge is -2.39. The Morgan fingerprint density at radius 3 is 3.19 bits per heavy atom. The quantitative estimate of drug-likeness (QED) is 0.894. The fourth-order valence-corrected chi connectivity index (χ4v) is 2.34. The summed E-state index contributed by atoms with van der Waals surface area (Å²) in [7, 11) is 0. The van der Waals surface area contributed by atoms with Crippen LogP contribution in [0.15, 0.2) is 22.9 Å². The highest BCUT2D eigenvalue weighted by Gasteiger charge is 2.26. The van der Waals surface area contributed by atoms with Gasteiger partial charge in [-0.15, -0.1) is 0 Å². The Labute approximate surface area is 103 Å². The zero-order valence-electron chi connectivity index (χ0n) is 9.14. The number of nitrogens with zero attached hydrogens (tertiary/aromatic N) is 2. The first-order valence-corrected chi connectivity index (χ1v) is 6.10. The Bertz CT molecular complexity index is 362. The monoisotopic (exact) mass is 286 g/mol. The SMILES string of the molecule is CC1COC(CO)CN1c1ccncc1Br. The minimum atomic E-state index is -0.101. The molecule has 16 heavy (non-hydrogen) atoms. The second kappa shape index (κ2) is 5.12. The van der Waals surface area contributed by atoms with Gasteiger partial charge in [0.25, 0.3) is 0 Å². The molecule has 0 spiro atoms. The second-order valence-electron chi connectivity index (χ2n) is 3.97. The fraction of sp³-hybridized carbons (Fsp3) is 0.545. The van der Waals surface area contributed by atoms with E-state index in [0.29, 0.717) is 19.2 Å². The van der Waals surface area contributed by atoms with Crippen molar-refractivity contribution in [1.29, 1.82) is 0 Å². The first-order chi connectivity index (χ1) is 7.72. The number of anilines is 1. The van der Waals surface area contributed by atoms with Crippen molar-refractivity contribution < 1.29 is 9.84 Å². The van der Waals surface area contributed by atoms with Gasteiger partial charge in [-0.25, -0.2) is 0 Å². The highest BCUT2D eigenvalue weighted by molar-refractivity contribution is 9.10. The van der Waals surface area contributed by atoms with E-state index in [1.807, 2.05) is 6.07 Å². The number of aliphatic hydroxyl groups is 1. The predicted octanol–water partition coefficient (Wildman–Crippen LogP) is 1.43. The molecule has 4 nitrogen and oxygen atoms in total.